The molecule has 2 aromatic carbocycles. The quantitative estimate of drug-likeness (QED) is 0.636. The number of benzene rings is 2. The SMILES string of the molecule is OC1CN(c2ncnc3ccc(Cl)cc23)CC1N1CCC(Oc2ccc(Cl)cc2)CC1. The summed E-state index contributed by atoms with van der Waals surface area (Å²) in [4.78, 5) is 13.4. The summed E-state index contributed by atoms with van der Waals surface area (Å²) >= 11 is 12.2. The second-order valence-corrected chi connectivity index (χ2v) is 9.08. The zero-order valence-electron chi connectivity index (χ0n) is 17.0. The molecule has 2 aliphatic heterocycles. The Bertz CT molecular complexity index is 1060. The molecule has 0 saturated carbocycles. The summed E-state index contributed by atoms with van der Waals surface area (Å²) < 4.78 is 6.11. The van der Waals surface area contributed by atoms with E-state index in [0.717, 1.165) is 54.9 Å². The highest BCUT2D eigenvalue weighted by Crippen LogP contribution is 2.31. The standard InChI is InChI=1S/C23H24Cl2N4O2/c24-15-1-4-17(5-2-15)31-18-7-9-28(10-8-18)21-12-29(13-22(21)30)23-19-11-16(25)3-6-20(19)26-14-27-23/h1-6,11,14,18,21-22,30H,7-10,12-13H2. The van der Waals surface area contributed by atoms with Crippen molar-refractivity contribution in [2.45, 2.75) is 31.1 Å². The topological polar surface area (TPSA) is 61.7 Å². The average molecular weight is 459 g/mol. The summed E-state index contributed by atoms with van der Waals surface area (Å²) in [5.74, 6) is 1.68. The minimum absolute atomic E-state index is 0.0701. The Balaban J connectivity index is 1.24. The molecule has 2 aliphatic rings. The molecule has 8 heteroatoms. The number of aliphatic hydroxyl groups is 1. The lowest BCUT2D eigenvalue weighted by atomic mass is 10.0. The molecule has 0 amide bonds. The van der Waals surface area contributed by atoms with Gasteiger partial charge in [0, 0.05) is 41.6 Å². The van der Waals surface area contributed by atoms with E-state index < -0.39 is 6.10 Å². The van der Waals surface area contributed by atoms with Gasteiger partial charge < -0.3 is 14.7 Å². The van der Waals surface area contributed by atoms with Crippen LogP contribution in [0.3, 0.4) is 0 Å². The molecule has 31 heavy (non-hydrogen) atoms. The summed E-state index contributed by atoms with van der Waals surface area (Å²) in [5, 5.41) is 13.1. The molecular weight excluding hydrogens is 435 g/mol. The zero-order valence-corrected chi connectivity index (χ0v) is 18.5. The van der Waals surface area contributed by atoms with Crippen LogP contribution in [-0.2, 0) is 0 Å². The van der Waals surface area contributed by atoms with E-state index in [9.17, 15) is 5.11 Å². The molecule has 2 unspecified atom stereocenters. The van der Waals surface area contributed by atoms with E-state index in [-0.39, 0.29) is 12.1 Å². The van der Waals surface area contributed by atoms with Gasteiger partial charge in [0.15, 0.2) is 0 Å². The maximum Gasteiger partial charge on any atom is 0.140 e. The van der Waals surface area contributed by atoms with Gasteiger partial charge in [0.05, 0.1) is 17.7 Å². The Kier molecular flexibility index (Phi) is 5.89. The number of ether oxygens (including phenoxy) is 1. The Morgan fingerprint density at radius 2 is 1.68 bits per heavy atom. The minimum atomic E-state index is -0.432. The first kappa shape index (κ1) is 20.8. The van der Waals surface area contributed by atoms with Gasteiger partial charge in [0.2, 0.25) is 0 Å². The normalized spacial score (nSPS) is 22.9. The fraction of sp³-hybridized carbons (Fsp3) is 0.391. The van der Waals surface area contributed by atoms with Crippen molar-refractivity contribution < 1.29 is 9.84 Å². The van der Waals surface area contributed by atoms with Crippen LogP contribution < -0.4 is 9.64 Å². The number of hydrogen-bond acceptors (Lipinski definition) is 6. The fourth-order valence-electron chi connectivity index (χ4n) is 4.60. The van der Waals surface area contributed by atoms with Gasteiger partial charge in [-0.15, -0.1) is 0 Å². The van der Waals surface area contributed by atoms with Crippen molar-refractivity contribution >= 4 is 39.9 Å². The van der Waals surface area contributed by atoms with Crippen molar-refractivity contribution in [1.29, 1.82) is 0 Å². The maximum absolute atomic E-state index is 10.8. The number of fused-ring (bicyclic) bond motifs is 1. The molecule has 0 aliphatic carbocycles. The second-order valence-electron chi connectivity index (χ2n) is 8.21. The van der Waals surface area contributed by atoms with Gasteiger partial charge in [-0.3, -0.25) is 4.90 Å². The number of β-amino-alcohol motifs (C(OH)–C–C–N with tert-alkyl or cyclic N) is 1. The third kappa shape index (κ3) is 4.44. The summed E-state index contributed by atoms with van der Waals surface area (Å²) in [7, 11) is 0. The van der Waals surface area contributed by atoms with Crippen LogP contribution in [0.25, 0.3) is 10.9 Å². The van der Waals surface area contributed by atoms with E-state index in [1.54, 1.807) is 6.33 Å². The molecule has 1 aromatic heterocycles. The lowest BCUT2D eigenvalue weighted by Gasteiger charge is -2.36. The molecule has 0 radical (unpaired) electrons. The molecule has 162 valence electrons. The number of likely N-dealkylation sites (tertiary alicyclic amines) is 1. The van der Waals surface area contributed by atoms with E-state index in [2.05, 4.69) is 19.8 Å². The lowest BCUT2D eigenvalue weighted by molar-refractivity contribution is 0.0364. The molecule has 2 atom stereocenters. The first-order valence-corrected chi connectivity index (χ1v) is 11.3. The first-order chi connectivity index (χ1) is 15.1. The Morgan fingerprint density at radius 3 is 2.45 bits per heavy atom. The third-order valence-corrected chi connectivity index (χ3v) is 6.68. The summed E-state index contributed by atoms with van der Waals surface area (Å²) in [5.41, 5.74) is 0.854. The Labute approximate surface area is 191 Å². The van der Waals surface area contributed by atoms with Crippen LogP contribution in [0.1, 0.15) is 12.8 Å². The predicted molar refractivity (Wildman–Crippen MR) is 123 cm³/mol. The monoisotopic (exact) mass is 458 g/mol. The summed E-state index contributed by atoms with van der Waals surface area (Å²) in [6, 6.07) is 13.2. The van der Waals surface area contributed by atoms with Crippen molar-refractivity contribution in [3.05, 3.63) is 58.8 Å². The van der Waals surface area contributed by atoms with E-state index >= 15 is 0 Å². The summed E-state index contributed by atoms with van der Waals surface area (Å²) in [6.07, 6.45) is 3.18. The number of aromatic nitrogens is 2. The molecule has 2 saturated heterocycles. The van der Waals surface area contributed by atoms with Gasteiger partial charge in [-0.25, -0.2) is 9.97 Å². The molecule has 6 nitrogen and oxygen atoms in total. The number of piperidine rings is 1. The predicted octanol–water partition coefficient (Wildman–Crippen LogP) is 4.03. The average Bonchev–Trinajstić information content (AvgIpc) is 3.17. The third-order valence-electron chi connectivity index (χ3n) is 6.20. The first-order valence-electron chi connectivity index (χ1n) is 10.6. The van der Waals surface area contributed by atoms with E-state index in [1.165, 1.54) is 0 Å². The molecule has 2 fully saturated rings. The van der Waals surface area contributed by atoms with Gasteiger partial charge in [0.25, 0.3) is 0 Å². The van der Waals surface area contributed by atoms with Crippen molar-refractivity contribution in [1.82, 2.24) is 14.9 Å². The van der Waals surface area contributed by atoms with Crippen molar-refractivity contribution in [3.63, 3.8) is 0 Å². The van der Waals surface area contributed by atoms with Gasteiger partial charge in [0.1, 0.15) is 24.0 Å². The van der Waals surface area contributed by atoms with Crippen LogP contribution >= 0.6 is 23.2 Å². The highest BCUT2D eigenvalue weighted by atomic mass is 35.5. The van der Waals surface area contributed by atoms with Crippen molar-refractivity contribution in [2.24, 2.45) is 0 Å². The fourth-order valence-corrected chi connectivity index (χ4v) is 4.90. The van der Waals surface area contributed by atoms with E-state index in [1.807, 2.05) is 42.5 Å². The molecule has 5 rings (SSSR count). The van der Waals surface area contributed by atoms with E-state index in [0.29, 0.717) is 16.6 Å². The van der Waals surface area contributed by atoms with Gasteiger partial charge >= 0.3 is 0 Å². The molecule has 3 aromatic rings. The van der Waals surface area contributed by atoms with Gasteiger partial charge in [-0.1, -0.05) is 23.2 Å². The van der Waals surface area contributed by atoms with Gasteiger partial charge in [-0.05, 0) is 55.3 Å². The smallest absolute Gasteiger partial charge is 0.140 e. The summed E-state index contributed by atoms with van der Waals surface area (Å²) in [6.45, 7) is 3.06. The zero-order chi connectivity index (χ0) is 21.4. The van der Waals surface area contributed by atoms with Crippen LogP contribution in [-0.4, -0.2) is 64.4 Å². The van der Waals surface area contributed by atoms with Crippen LogP contribution in [0, 0.1) is 0 Å². The van der Waals surface area contributed by atoms with Crippen LogP contribution in [0.4, 0.5) is 5.82 Å². The maximum atomic E-state index is 10.8. The van der Waals surface area contributed by atoms with Crippen LogP contribution in [0.5, 0.6) is 5.75 Å². The minimum Gasteiger partial charge on any atom is -0.490 e. The Hall–Kier alpha value is -2.12. The van der Waals surface area contributed by atoms with E-state index in [4.69, 9.17) is 27.9 Å². The van der Waals surface area contributed by atoms with Crippen molar-refractivity contribution in [3.8, 4) is 5.75 Å². The number of rotatable bonds is 4. The van der Waals surface area contributed by atoms with Crippen LogP contribution in [0.15, 0.2) is 48.8 Å². The van der Waals surface area contributed by atoms with Crippen molar-refractivity contribution in [2.75, 3.05) is 31.1 Å². The molecule has 1 N–H and O–H groups in total. The number of anilines is 1. The van der Waals surface area contributed by atoms with Crippen LogP contribution in [0.2, 0.25) is 10.0 Å². The van der Waals surface area contributed by atoms with Gasteiger partial charge in [-0.2, -0.15) is 0 Å². The number of aliphatic hydroxyl groups excluding tert-OH is 1. The highest BCUT2D eigenvalue weighted by Gasteiger charge is 2.38. The molecule has 0 spiro atoms. The number of hydrogen-bond donors (Lipinski definition) is 1. The second kappa shape index (κ2) is 8.79. The number of halogens is 2. The highest BCUT2D eigenvalue weighted by molar-refractivity contribution is 6.31. The molecule has 3 heterocycles. The Morgan fingerprint density at radius 1 is 0.935 bits per heavy atom. The largest absolute Gasteiger partial charge is 0.490 e. The lowest BCUT2D eigenvalue weighted by Crippen LogP contribution is -2.49. The molecule has 0 bridgehead atoms. The molecular formula is C23H24Cl2N4O2. The number of nitrogens with zero attached hydrogens (tertiary/aromatic N) is 4.